The number of aromatic nitrogens is 2. The highest BCUT2D eigenvalue weighted by Gasteiger charge is 2.42. The molecule has 0 aliphatic carbocycles. The lowest BCUT2D eigenvalue weighted by Gasteiger charge is -2.17. The number of aliphatic hydroxyl groups excluding tert-OH is 2. The normalized spacial score (nSPS) is 31.6. The molecule has 2 rings (SSSR count). The van der Waals surface area contributed by atoms with Gasteiger partial charge in [-0.25, -0.2) is 4.79 Å². The number of nitrogens with zero attached hydrogens (tertiary/aromatic N) is 1. The molecule has 0 aromatic carbocycles. The fraction of sp³-hybridized carbons (Fsp3) is 0.556. The van der Waals surface area contributed by atoms with Gasteiger partial charge >= 0.3 is 5.69 Å². The molecule has 1 aromatic heterocycles. The first-order valence-electron chi connectivity index (χ1n) is 5.13. The van der Waals surface area contributed by atoms with Gasteiger partial charge in [0.25, 0.3) is 0 Å². The first-order chi connectivity index (χ1) is 8.52. The Labute approximate surface area is 124 Å². The summed E-state index contributed by atoms with van der Waals surface area (Å²) in [5.74, 6) is 0.335. The molecule has 4 atom stereocenters. The maximum atomic E-state index is 11.1. The molecule has 1 aliphatic heterocycles. The zero-order chi connectivity index (χ0) is 13.3. The Morgan fingerprint density at radius 3 is 3.00 bits per heavy atom. The van der Waals surface area contributed by atoms with E-state index in [1.807, 2.05) is 22.6 Å². The fourth-order valence-corrected chi connectivity index (χ4v) is 2.61. The van der Waals surface area contributed by atoms with Gasteiger partial charge in [0.05, 0.1) is 21.1 Å². The summed E-state index contributed by atoms with van der Waals surface area (Å²) in [6.07, 6.45) is -0.570. The van der Waals surface area contributed by atoms with E-state index in [1.54, 1.807) is 0 Å². The van der Waals surface area contributed by atoms with Gasteiger partial charge in [-0.15, -0.1) is 0 Å². The molecular weight excluding hydrogens is 421 g/mol. The van der Waals surface area contributed by atoms with Crippen molar-refractivity contribution in [3.63, 3.8) is 0 Å². The predicted octanol–water partition coefficient (Wildman–Crippen LogP) is -0.372. The Kier molecular flexibility index (Phi) is 4.59. The SMILES string of the molecule is O=c1nc(N[C@@H]2O[C@H](CO)[C@H](Br)[C@H]2O)c(I)c[nH]1. The van der Waals surface area contributed by atoms with E-state index in [9.17, 15) is 9.90 Å². The second-order valence-electron chi connectivity index (χ2n) is 3.76. The van der Waals surface area contributed by atoms with Gasteiger partial charge in [0.15, 0.2) is 6.23 Å². The number of aliphatic hydroxyl groups is 2. The van der Waals surface area contributed by atoms with Crippen molar-refractivity contribution >= 4 is 44.3 Å². The largest absolute Gasteiger partial charge is 0.394 e. The lowest BCUT2D eigenvalue weighted by atomic mass is 10.2. The fourth-order valence-electron chi connectivity index (χ4n) is 1.61. The van der Waals surface area contributed by atoms with E-state index >= 15 is 0 Å². The molecule has 1 saturated heterocycles. The first kappa shape index (κ1) is 14.2. The Bertz CT molecular complexity index is 485. The smallest absolute Gasteiger partial charge is 0.346 e. The second-order valence-corrected chi connectivity index (χ2v) is 5.98. The van der Waals surface area contributed by atoms with E-state index in [0.29, 0.717) is 9.39 Å². The molecule has 1 aliphatic rings. The van der Waals surface area contributed by atoms with Crippen LogP contribution in [0.5, 0.6) is 0 Å². The lowest BCUT2D eigenvalue weighted by Crippen LogP contribution is -2.34. The number of ether oxygens (including phenoxy) is 1. The molecule has 18 heavy (non-hydrogen) atoms. The van der Waals surface area contributed by atoms with E-state index in [2.05, 4.69) is 31.2 Å². The zero-order valence-corrected chi connectivity index (χ0v) is 12.8. The Morgan fingerprint density at radius 1 is 1.67 bits per heavy atom. The van der Waals surface area contributed by atoms with Crippen LogP contribution in [-0.2, 0) is 4.74 Å². The van der Waals surface area contributed by atoms with Crippen molar-refractivity contribution in [3.05, 3.63) is 20.3 Å². The van der Waals surface area contributed by atoms with Crippen molar-refractivity contribution in [1.29, 1.82) is 0 Å². The van der Waals surface area contributed by atoms with E-state index < -0.39 is 24.1 Å². The lowest BCUT2D eigenvalue weighted by molar-refractivity contribution is 0.00542. The number of aromatic amines is 1. The molecule has 0 unspecified atom stereocenters. The van der Waals surface area contributed by atoms with Crippen molar-refractivity contribution in [2.24, 2.45) is 0 Å². The number of halogens is 2. The highest BCUT2D eigenvalue weighted by Crippen LogP contribution is 2.28. The van der Waals surface area contributed by atoms with Crippen LogP contribution >= 0.6 is 38.5 Å². The van der Waals surface area contributed by atoms with Crippen LogP contribution in [0, 0.1) is 3.57 Å². The average Bonchev–Trinajstić information content (AvgIpc) is 2.62. The van der Waals surface area contributed by atoms with Crippen LogP contribution in [0.25, 0.3) is 0 Å². The van der Waals surface area contributed by atoms with Crippen molar-refractivity contribution < 1.29 is 14.9 Å². The summed E-state index contributed by atoms with van der Waals surface area (Å²) < 4.78 is 6.12. The summed E-state index contributed by atoms with van der Waals surface area (Å²) in [6, 6.07) is 0. The summed E-state index contributed by atoms with van der Waals surface area (Å²) in [5, 5.41) is 21.8. The summed E-state index contributed by atoms with van der Waals surface area (Å²) >= 11 is 5.25. The third-order valence-electron chi connectivity index (χ3n) is 2.53. The molecule has 100 valence electrons. The van der Waals surface area contributed by atoms with Crippen molar-refractivity contribution in [2.45, 2.75) is 23.3 Å². The topological polar surface area (TPSA) is 107 Å². The van der Waals surface area contributed by atoms with Gasteiger partial charge in [0.2, 0.25) is 0 Å². The van der Waals surface area contributed by atoms with E-state index in [4.69, 9.17) is 9.84 Å². The maximum absolute atomic E-state index is 11.1. The molecule has 7 nitrogen and oxygen atoms in total. The minimum atomic E-state index is -0.848. The van der Waals surface area contributed by atoms with Crippen LogP contribution in [0.15, 0.2) is 11.0 Å². The maximum Gasteiger partial charge on any atom is 0.346 e. The summed E-state index contributed by atoms with van der Waals surface area (Å²) in [6.45, 7) is -0.203. The highest BCUT2D eigenvalue weighted by atomic mass is 127. The standard InChI is InChI=1S/C9H11BrIN3O4/c10-5-4(2-15)18-8(6(5)16)13-7-3(11)1-12-9(17)14-7/h1,4-6,8,15-16H,2H2,(H2,12,13,14,17)/t4-,5+,6-,8-/m1/s1. The molecule has 0 radical (unpaired) electrons. The van der Waals surface area contributed by atoms with Gasteiger partial charge in [0, 0.05) is 6.20 Å². The Morgan fingerprint density at radius 2 is 2.39 bits per heavy atom. The number of H-pyrrole nitrogens is 1. The van der Waals surface area contributed by atoms with Crippen molar-refractivity contribution in [3.8, 4) is 0 Å². The molecule has 0 bridgehead atoms. The number of alkyl halides is 1. The van der Waals surface area contributed by atoms with Gasteiger partial charge in [-0.05, 0) is 22.6 Å². The van der Waals surface area contributed by atoms with Gasteiger partial charge in [-0.1, -0.05) is 15.9 Å². The number of rotatable bonds is 3. The molecule has 9 heteroatoms. The summed E-state index contributed by atoms with van der Waals surface area (Å²) in [4.78, 5) is 16.9. The molecule has 0 spiro atoms. The van der Waals surface area contributed by atoms with E-state index in [0.717, 1.165) is 0 Å². The van der Waals surface area contributed by atoms with Crippen molar-refractivity contribution in [2.75, 3.05) is 11.9 Å². The minimum Gasteiger partial charge on any atom is -0.394 e. The number of hydrogen-bond acceptors (Lipinski definition) is 6. The average molecular weight is 432 g/mol. The Hall–Kier alpha value is -0.230. The monoisotopic (exact) mass is 431 g/mol. The van der Waals surface area contributed by atoms with E-state index in [1.165, 1.54) is 6.20 Å². The molecular formula is C9H11BrIN3O4. The Balaban J connectivity index is 2.15. The van der Waals surface area contributed by atoms with Crippen molar-refractivity contribution in [1.82, 2.24) is 9.97 Å². The predicted molar refractivity (Wildman–Crippen MR) is 75.7 cm³/mol. The van der Waals surface area contributed by atoms with Crippen LogP contribution in [0.4, 0.5) is 5.82 Å². The molecule has 1 aromatic rings. The first-order valence-corrected chi connectivity index (χ1v) is 7.12. The molecule has 4 N–H and O–H groups in total. The van der Waals surface area contributed by atoms with Gasteiger partial charge in [-0.3, -0.25) is 0 Å². The number of nitrogens with one attached hydrogen (secondary N) is 2. The van der Waals surface area contributed by atoms with Gasteiger partial charge in [0.1, 0.15) is 11.9 Å². The van der Waals surface area contributed by atoms with Crippen LogP contribution < -0.4 is 11.0 Å². The van der Waals surface area contributed by atoms with Crippen LogP contribution in [0.3, 0.4) is 0 Å². The van der Waals surface area contributed by atoms with E-state index in [-0.39, 0.29) is 11.4 Å². The minimum absolute atomic E-state index is 0.203. The quantitative estimate of drug-likeness (QED) is 0.384. The molecule has 2 heterocycles. The molecule has 0 amide bonds. The van der Waals surface area contributed by atoms with Crippen LogP contribution in [0.2, 0.25) is 0 Å². The molecule has 1 fully saturated rings. The van der Waals surface area contributed by atoms with Gasteiger partial charge in [-0.2, -0.15) is 4.98 Å². The molecule has 0 saturated carbocycles. The zero-order valence-electron chi connectivity index (χ0n) is 9.01. The third-order valence-corrected chi connectivity index (χ3v) is 4.49. The summed E-state index contributed by atoms with van der Waals surface area (Å²) in [7, 11) is 0. The summed E-state index contributed by atoms with van der Waals surface area (Å²) in [5.41, 5.74) is -0.487. The number of hydrogen-bond donors (Lipinski definition) is 4. The van der Waals surface area contributed by atoms with Gasteiger partial charge < -0.3 is 25.3 Å². The van der Waals surface area contributed by atoms with Crippen LogP contribution in [-0.4, -0.2) is 50.1 Å². The number of anilines is 1. The second kappa shape index (κ2) is 5.82. The third kappa shape index (κ3) is 2.85. The highest BCUT2D eigenvalue weighted by molar-refractivity contribution is 14.1. The van der Waals surface area contributed by atoms with Crippen LogP contribution in [0.1, 0.15) is 0 Å².